The van der Waals surface area contributed by atoms with Crippen LogP contribution >= 0.6 is 0 Å². The molecular weight excluding hydrogens is 268 g/mol. The van der Waals surface area contributed by atoms with E-state index in [0.29, 0.717) is 11.3 Å². The molecule has 3 aromatic rings. The van der Waals surface area contributed by atoms with Gasteiger partial charge in [0.1, 0.15) is 17.2 Å². The van der Waals surface area contributed by atoms with Crippen LogP contribution in [0.2, 0.25) is 0 Å². The number of aromatic nitrogens is 2. The fraction of sp³-hybridized carbons (Fsp3) is 0. The molecule has 0 amide bonds. The molecule has 1 aromatic heterocycles. The third-order valence-electron chi connectivity index (χ3n) is 3.12. The van der Waals surface area contributed by atoms with Crippen LogP contribution in [-0.2, 0) is 0 Å². The van der Waals surface area contributed by atoms with Crippen LogP contribution in [-0.4, -0.2) is 26.3 Å². The van der Waals surface area contributed by atoms with E-state index >= 15 is 0 Å². The van der Waals surface area contributed by atoms with Gasteiger partial charge in [-0.05, 0) is 48.5 Å². The third-order valence-corrected chi connectivity index (χ3v) is 3.12. The van der Waals surface area contributed by atoms with Crippen LogP contribution in [0.3, 0.4) is 0 Å². The summed E-state index contributed by atoms with van der Waals surface area (Å²) in [5.41, 5.74) is 2.47. The molecule has 2 N–H and O–H groups in total. The van der Waals surface area contributed by atoms with Crippen LogP contribution in [0.25, 0.3) is 16.9 Å². The minimum atomic E-state index is 0.157. The van der Waals surface area contributed by atoms with Gasteiger partial charge in [0.15, 0.2) is 6.29 Å². The summed E-state index contributed by atoms with van der Waals surface area (Å²) in [4.78, 5) is 11.2. The summed E-state index contributed by atoms with van der Waals surface area (Å²) >= 11 is 0. The molecule has 0 saturated carbocycles. The third kappa shape index (κ3) is 2.49. The summed E-state index contributed by atoms with van der Waals surface area (Å²) in [6, 6.07) is 13.0. The molecule has 5 heteroatoms. The van der Waals surface area contributed by atoms with Gasteiger partial charge in [0, 0.05) is 11.8 Å². The van der Waals surface area contributed by atoms with Crippen molar-refractivity contribution in [2.24, 2.45) is 0 Å². The number of aldehydes is 1. The molecule has 0 aliphatic rings. The molecule has 0 radical (unpaired) electrons. The Balaban J connectivity index is 2.08. The van der Waals surface area contributed by atoms with Gasteiger partial charge in [-0.15, -0.1) is 0 Å². The Morgan fingerprint density at radius 2 is 1.48 bits per heavy atom. The molecule has 0 aliphatic heterocycles. The second-order valence-corrected chi connectivity index (χ2v) is 4.56. The number of aromatic hydroxyl groups is 2. The Kier molecular flexibility index (Phi) is 3.16. The van der Waals surface area contributed by atoms with Crippen molar-refractivity contribution in [3.8, 4) is 28.4 Å². The van der Waals surface area contributed by atoms with E-state index in [1.165, 1.54) is 0 Å². The summed E-state index contributed by atoms with van der Waals surface area (Å²) in [5.74, 6) is 0.324. The Morgan fingerprint density at radius 1 is 0.905 bits per heavy atom. The maximum absolute atomic E-state index is 11.2. The molecule has 5 nitrogen and oxygen atoms in total. The number of benzene rings is 2. The quantitative estimate of drug-likeness (QED) is 0.723. The number of rotatable bonds is 3. The highest BCUT2D eigenvalue weighted by Crippen LogP contribution is 2.24. The maximum atomic E-state index is 11.2. The van der Waals surface area contributed by atoms with E-state index in [-0.39, 0.29) is 11.5 Å². The highest BCUT2D eigenvalue weighted by atomic mass is 16.3. The highest BCUT2D eigenvalue weighted by molar-refractivity contribution is 5.85. The first-order chi connectivity index (χ1) is 10.2. The van der Waals surface area contributed by atoms with Crippen LogP contribution in [0, 0.1) is 0 Å². The van der Waals surface area contributed by atoms with Gasteiger partial charge in [-0.3, -0.25) is 4.79 Å². The molecule has 0 saturated heterocycles. The predicted octanol–water partition coefficient (Wildman–Crippen LogP) is 2.76. The molecule has 0 spiro atoms. The van der Waals surface area contributed by atoms with E-state index in [0.717, 1.165) is 17.5 Å². The number of carbonyl (C=O) groups is 1. The number of phenols is 2. The van der Waals surface area contributed by atoms with Gasteiger partial charge in [-0.25, -0.2) is 4.68 Å². The molecule has 1 heterocycles. The number of carbonyl (C=O) groups excluding carboxylic acids is 1. The molecule has 0 aliphatic carbocycles. The van der Waals surface area contributed by atoms with Crippen molar-refractivity contribution < 1.29 is 15.0 Å². The standard InChI is InChI=1S/C16H12N2O3/c19-10-12-9-18(13-3-7-15(21)8-4-13)17-16(12)11-1-5-14(20)6-2-11/h1-10,20-21H. The first-order valence-corrected chi connectivity index (χ1v) is 6.31. The van der Waals surface area contributed by atoms with Gasteiger partial charge < -0.3 is 10.2 Å². The summed E-state index contributed by atoms with van der Waals surface area (Å²) in [7, 11) is 0. The summed E-state index contributed by atoms with van der Waals surface area (Å²) in [6.07, 6.45) is 2.37. The van der Waals surface area contributed by atoms with Crippen molar-refractivity contribution in [3.63, 3.8) is 0 Å². The second-order valence-electron chi connectivity index (χ2n) is 4.56. The average molecular weight is 280 g/mol. The van der Waals surface area contributed by atoms with Crippen molar-refractivity contribution in [1.82, 2.24) is 9.78 Å². The topological polar surface area (TPSA) is 75.4 Å². The molecule has 21 heavy (non-hydrogen) atoms. The Bertz CT molecular complexity index is 774. The zero-order valence-electron chi connectivity index (χ0n) is 11.0. The minimum Gasteiger partial charge on any atom is -0.508 e. The number of hydrogen-bond donors (Lipinski definition) is 2. The van der Waals surface area contributed by atoms with Crippen molar-refractivity contribution >= 4 is 6.29 Å². The van der Waals surface area contributed by atoms with Crippen molar-refractivity contribution in [3.05, 3.63) is 60.3 Å². The van der Waals surface area contributed by atoms with E-state index in [2.05, 4.69) is 5.10 Å². The molecule has 0 unspecified atom stereocenters. The Labute approximate surface area is 120 Å². The highest BCUT2D eigenvalue weighted by Gasteiger charge is 2.11. The predicted molar refractivity (Wildman–Crippen MR) is 77.7 cm³/mol. The SMILES string of the molecule is O=Cc1cn(-c2ccc(O)cc2)nc1-c1ccc(O)cc1. The lowest BCUT2D eigenvalue weighted by Crippen LogP contribution is -1.94. The molecule has 3 rings (SSSR count). The average Bonchev–Trinajstić information content (AvgIpc) is 2.93. The zero-order valence-corrected chi connectivity index (χ0v) is 11.0. The van der Waals surface area contributed by atoms with Gasteiger partial charge >= 0.3 is 0 Å². The van der Waals surface area contributed by atoms with Gasteiger partial charge in [0.2, 0.25) is 0 Å². The van der Waals surface area contributed by atoms with E-state index in [1.54, 1.807) is 59.4 Å². The van der Waals surface area contributed by atoms with Gasteiger partial charge in [-0.2, -0.15) is 5.10 Å². The number of hydrogen-bond acceptors (Lipinski definition) is 4. The molecule has 0 atom stereocenters. The lowest BCUT2D eigenvalue weighted by atomic mass is 10.1. The van der Waals surface area contributed by atoms with Crippen LogP contribution in [0.1, 0.15) is 10.4 Å². The van der Waals surface area contributed by atoms with Gasteiger partial charge in [0.05, 0.1) is 11.3 Å². The van der Waals surface area contributed by atoms with E-state index < -0.39 is 0 Å². The molecule has 0 fully saturated rings. The van der Waals surface area contributed by atoms with Crippen molar-refractivity contribution in [1.29, 1.82) is 0 Å². The van der Waals surface area contributed by atoms with Crippen LogP contribution < -0.4 is 0 Å². The molecule has 0 bridgehead atoms. The summed E-state index contributed by atoms with van der Waals surface area (Å²) in [5, 5.41) is 23.0. The monoisotopic (exact) mass is 280 g/mol. The summed E-state index contributed by atoms with van der Waals surface area (Å²) < 4.78 is 1.57. The van der Waals surface area contributed by atoms with Gasteiger partial charge in [0.25, 0.3) is 0 Å². The lowest BCUT2D eigenvalue weighted by molar-refractivity contribution is 0.112. The van der Waals surface area contributed by atoms with Gasteiger partial charge in [-0.1, -0.05) is 0 Å². The largest absolute Gasteiger partial charge is 0.508 e. The van der Waals surface area contributed by atoms with E-state index in [9.17, 15) is 15.0 Å². The van der Waals surface area contributed by atoms with Crippen molar-refractivity contribution in [2.75, 3.05) is 0 Å². The van der Waals surface area contributed by atoms with Crippen LogP contribution in [0.4, 0.5) is 0 Å². The zero-order chi connectivity index (χ0) is 14.8. The second kappa shape index (κ2) is 5.13. The van der Waals surface area contributed by atoms with E-state index in [1.807, 2.05) is 0 Å². The fourth-order valence-corrected chi connectivity index (χ4v) is 2.05. The van der Waals surface area contributed by atoms with Crippen LogP contribution in [0.15, 0.2) is 54.7 Å². The van der Waals surface area contributed by atoms with Crippen molar-refractivity contribution in [2.45, 2.75) is 0 Å². The van der Waals surface area contributed by atoms with E-state index in [4.69, 9.17) is 0 Å². The number of phenolic OH excluding ortho intramolecular Hbond substituents is 2. The Morgan fingerprint density at radius 3 is 2.05 bits per heavy atom. The lowest BCUT2D eigenvalue weighted by Gasteiger charge is -2.01. The fourth-order valence-electron chi connectivity index (χ4n) is 2.05. The minimum absolute atomic E-state index is 0.157. The molecule has 2 aromatic carbocycles. The summed E-state index contributed by atoms with van der Waals surface area (Å²) in [6.45, 7) is 0. The Hall–Kier alpha value is -3.08. The normalized spacial score (nSPS) is 10.5. The first kappa shape index (κ1) is 12.9. The molecule has 104 valence electrons. The van der Waals surface area contributed by atoms with Crippen LogP contribution in [0.5, 0.6) is 11.5 Å². The number of nitrogens with zero attached hydrogens (tertiary/aromatic N) is 2. The first-order valence-electron chi connectivity index (χ1n) is 6.31. The smallest absolute Gasteiger partial charge is 0.153 e. The molecular formula is C16H12N2O3. The maximum Gasteiger partial charge on any atom is 0.153 e.